The van der Waals surface area contributed by atoms with E-state index in [1.165, 1.54) is 8.99 Å². The van der Waals surface area contributed by atoms with Crippen LogP contribution in [0.3, 0.4) is 0 Å². The van der Waals surface area contributed by atoms with E-state index in [1.54, 1.807) is 32.4 Å². The molecule has 3 heterocycles. The van der Waals surface area contributed by atoms with E-state index in [1.807, 2.05) is 6.07 Å². The maximum absolute atomic E-state index is 13.3. The molecule has 0 amide bonds. The number of fused-ring (bicyclic) bond motifs is 1. The number of halogens is 1. The number of aliphatic hydroxyl groups is 1. The lowest BCUT2D eigenvalue weighted by Gasteiger charge is -2.41. The van der Waals surface area contributed by atoms with Crippen LogP contribution in [0, 0.1) is 18.8 Å². The average Bonchev–Trinajstić information content (AvgIpc) is 3.19. The number of aromatic nitrogens is 3. The number of aryl methyl sites for hydroxylation is 2. The van der Waals surface area contributed by atoms with Crippen LogP contribution >= 0.6 is 11.6 Å². The molecule has 0 radical (unpaired) electrons. The van der Waals surface area contributed by atoms with Gasteiger partial charge in [0, 0.05) is 44.0 Å². The quantitative estimate of drug-likeness (QED) is 0.836. The van der Waals surface area contributed by atoms with Crippen molar-refractivity contribution in [2.45, 2.75) is 36.7 Å². The minimum Gasteiger partial charge on any atom is -0.385 e. The summed E-state index contributed by atoms with van der Waals surface area (Å²) in [5.74, 6) is -0.0598. The van der Waals surface area contributed by atoms with Crippen LogP contribution in [0.4, 0.5) is 0 Å². The SMILES string of the molecule is Cc1nn(C)c(Cl)c1S(=O)(=O)N1C[C@@H]2CCC[C@](O)(c3cccnc3)[C@@H]2C1. The van der Waals surface area contributed by atoms with Gasteiger partial charge in [0.05, 0.1) is 11.3 Å². The van der Waals surface area contributed by atoms with Gasteiger partial charge in [-0.3, -0.25) is 9.67 Å². The fraction of sp³-hybridized carbons (Fsp3) is 0.556. The molecule has 27 heavy (non-hydrogen) atoms. The van der Waals surface area contributed by atoms with Gasteiger partial charge in [-0.1, -0.05) is 17.7 Å². The molecule has 0 aromatic carbocycles. The van der Waals surface area contributed by atoms with E-state index in [9.17, 15) is 13.5 Å². The molecule has 1 aliphatic heterocycles. The first-order valence-electron chi connectivity index (χ1n) is 9.07. The minimum atomic E-state index is -3.78. The smallest absolute Gasteiger partial charge is 0.248 e. The summed E-state index contributed by atoms with van der Waals surface area (Å²) in [6.07, 6.45) is 5.72. The first-order valence-corrected chi connectivity index (χ1v) is 10.9. The number of pyridine rings is 1. The predicted octanol–water partition coefficient (Wildman–Crippen LogP) is 2.09. The van der Waals surface area contributed by atoms with Crippen molar-refractivity contribution in [1.29, 1.82) is 0 Å². The second-order valence-corrected chi connectivity index (χ2v) is 9.81. The Bertz CT molecular complexity index is 962. The molecule has 0 bridgehead atoms. The van der Waals surface area contributed by atoms with Crippen LogP contribution in [0.1, 0.15) is 30.5 Å². The van der Waals surface area contributed by atoms with E-state index < -0.39 is 15.6 Å². The lowest BCUT2D eigenvalue weighted by molar-refractivity contribution is -0.0643. The monoisotopic (exact) mass is 410 g/mol. The number of sulfonamides is 1. The van der Waals surface area contributed by atoms with E-state index in [2.05, 4.69) is 10.1 Å². The summed E-state index contributed by atoms with van der Waals surface area (Å²) in [6, 6.07) is 3.67. The Labute approximate surface area is 164 Å². The van der Waals surface area contributed by atoms with Crippen molar-refractivity contribution in [3.8, 4) is 0 Å². The molecule has 146 valence electrons. The maximum Gasteiger partial charge on any atom is 0.248 e. The van der Waals surface area contributed by atoms with E-state index in [0.29, 0.717) is 18.7 Å². The molecule has 0 unspecified atom stereocenters. The third-order valence-corrected chi connectivity index (χ3v) is 8.54. The molecule has 1 N–H and O–H groups in total. The number of rotatable bonds is 3. The third kappa shape index (κ3) is 2.90. The maximum atomic E-state index is 13.3. The molecule has 3 atom stereocenters. The van der Waals surface area contributed by atoms with Gasteiger partial charge in [-0.15, -0.1) is 0 Å². The Morgan fingerprint density at radius 1 is 1.37 bits per heavy atom. The summed E-state index contributed by atoms with van der Waals surface area (Å²) in [4.78, 5) is 4.21. The Hall–Kier alpha value is -1.48. The normalized spacial score (nSPS) is 29.0. The van der Waals surface area contributed by atoms with Crippen molar-refractivity contribution < 1.29 is 13.5 Å². The highest BCUT2D eigenvalue weighted by atomic mass is 35.5. The van der Waals surface area contributed by atoms with Gasteiger partial charge >= 0.3 is 0 Å². The van der Waals surface area contributed by atoms with Gasteiger partial charge in [0.15, 0.2) is 0 Å². The zero-order chi connectivity index (χ0) is 19.4. The van der Waals surface area contributed by atoms with Gasteiger partial charge in [0.25, 0.3) is 0 Å². The Kier molecular flexibility index (Phi) is 4.57. The second-order valence-electron chi connectivity index (χ2n) is 7.58. The molecule has 2 aliphatic rings. The van der Waals surface area contributed by atoms with E-state index in [0.717, 1.165) is 18.4 Å². The number of hydrogen-bond donors (Lipinski definition) is 1. The molecular formula is C18H23ClN4O3S. The number of hydrogen-bond acceptors (Lipinski definition) is 5. The highest BCUT2D eigenvalue weighted by molar-refractivity contribution is 7.89. The summed E-state index contributed by atoms with van der Waals surface area (Å²) in [5, 5.41) is 15.7. The first-order chi connectivity index (χ1) is 12.7. The van der Waals surface area contributed by atoms with E-state index >= 15 is 0 Å². The van der Waals surface area contributed by atoms with E-state index in [-0.39, 0.29) is 28.4 Å². The van der Waals surface area contributed by atoms with Crippen molar-refractivity contribution in [2.24, 2.45) is 18.9 Å². The molecule has 4 rings (SSSR count). The van der Waals surface area contributed by atoms with Crippen LogP contribution in [0.25, 0.3) is 0 Å². The van der Waals surface area contributed by atoms with Crippen LogP contribution in [0.15, 0.2) is 29.4 Å². The first kappa shape index (κ1) is 18.9. The molecule has 1 saturated heterocycles. The summed E-state index contributed by atoms with van der Waals surface area (Å²) >= 11 is 6.22. The molecule has 2 aromatic rings. The molecule has 7 nitrogen and oxygen atoms in total. The summed E-state index contributed by atoms with van der Waals surface area (Å²) < 4.78 is 29.4. The topological polar surface area (TPSA) is 88.3 Å². The second kappa shape index (κ2) is 6.55. The fourth-order valence-electron chi connectivity index (χ4n) is 4.69. The Balaban J connectivity index is 1.69. The molecular weight excluding hydrogens is 388 g/mol. The molecule has 1 saturated carbocycles. The lowest BCUT2D eigenvalue weighted by Crippen LogP contribution is -2.43. The van der Waals surface area contributed by atoms with Crippen LogP contribution in [-0.2, 0) is 22.7 Å². The number of nitrogens with zero attached hydrogens (tertiary/aromatic N) is 4. The fourth-order valence-corrected chi connectivity index (χ4v) is 6.92. The standard InChI is InChI=1S/C18H23ClN4O3S/c1-12-16(17(19)22(2)21-12)27(25,26)23-10-13-5-3-7-18(24,15(13)11-23)14-6-4-8-20-9-14/h4,6,8-9,13,15,24H,3,5,7,10-11H2,1-2H3/t13-,15+,18-/m0/s1. The van der Waals surface area contributed by atoms with E-state index in [4.69, 9.17) is 11.6 Å². The van der Waals surface area contributed by atoms with Crippen molar-refractivity contribution in [3.05, 3.63) is 40.9 Å². The lowest BCUT2D eigenvalue weighted by atomic mass is 9.68. The van der Waals surface area contributed by atoms with Crippen LogP contribution in [0.2, 0.25) is 5.15 Å². The Morgan fingerprint density at radius 2 is 2.15 bits per heavy atom. The summed E-state index contributed by atoms with van der Waals surface area (Å²) in [5.41, 5.74) is 0.0873. The van der Waals surface area contributed by atoms with Gasteiger partial charge in [-0.2, -0.15) is 9.40 Å². The minimum absolute atomic E-state index is 0.0650. The van der Waals surface area contributed by atoms with Crippen molar-refractivity contribution in [1.82, 2.24) is 19.1 Å². The van der Waals surface area contributed by atoms with Crippen molar-refractivity contribution in [2.75, 3.05) is 13.1 Å². The zero-order valence-corrected chi connectivity index (χ0v) is 16.9. The highest BCUT2D eigenvalue weighted by Gasteiger charge is 2.52. The van der Waals surface area contributed by atoms with Crippen LogP contribution in [0.5, 0.6) is 0 Å². The molecule has 0 spiro atoms. The molecule has 1 aliphatic carbocycles. The Morgan fingerprint density at radius 3 is 2.78 bits per heavy atom. The van der Waals surface area contributed by atoms with Gasteiger partial charge in [0.2, 0.25) is 10.0 Å². The largest absolute Gasteiger partial charge is 0.385 e. The highest BCUT2D eigenvalue weighted by Crippen LogP contribution is 2.49. The van der Waals surface area contributed by atoms with Crippen LogP contribution in [-0.4, -0.2) is 45.7 Å². The van der Waals surface area contributed by atoms with Crippen LogP contribution < -0.4 is 0 Å². The van der Waals surface area contributed by atoms with Gasteiger partial charge in [-0.25, -0.2) is 8.42 Å². The van der Waals surface area contributed by atoms with Gasteiger partial charge in [-0.05, 0) is 38.2 Å². The van der Waals surface area contributed by atoms with Gasteiger partial charge in [0.1, 0.15) is 10.0 Å². The predicted molar refractivity (Wildman–Crippen MR) is 101 cm³/mol. The molecule has 2 fully saturated rings. The van der Waals surface area contributed by atoms with Crippen molar-refractivity contribution >= 4 is 21.6 Å². The van der Waals surface area contributed by atoms with Crippen molar-refractivity contribution in [3.63, 3.8) is 0 Å². The summed E-state index contributed by atoms with van der Waals surface area (Å²) in [6.45, 7) is 2.30. The zero-order valence-electron chi connectivity index (χ0n) is 15.3. The average molecular weight is 411 g/mol. The van der Waals surface area contributed by atoms with Gasteiger partial charge < -0.3 is 5.11 Å². The molecule has 9 heteroatoms. The molecule has 2 aromatic heterocycles. The third-order valence-electron chi connectivity index (χ3n) is 6.01. The summed E-state index contributed by atoms with van der Waals surface area (Å²) in [7, 11) is -2.15.